The van der Waals surface area contributed by atoms with Gasteiger partial charge >= 0.3 is 0 Å². The maximum absolute atomic E-state index is 5.37. The Morgan fingerprint density at radius 1 is 1.45 bits per heavy atom. The lowest BCUT2D eigenvalue weighted by Crippen LogP contribution is -2.37. The van der Waals surface area contributed by atoms with Crippen LogP contribution in [0.3, 0.4) is 0 Å². The number of hydrogen-bond donors (Lipinski definition) is 1. The third-order valence-electron chi connectivity index (χ3n) is 3.93. The van der Waals surface area contributed by atoms with Crippen LogP contribution in [-0.4, -0.2) is 36.3 Å². The number of halogens is 1. The molecule has 5 nitrogen and oxygen atoms in total. The summed E-state index contributed by atoms with van der Waals surface area (Å²) in [5.41, 5.74) is 2.24. The van der Waals surface area contributed by atoms with Crippen LogP contribution in [0.5, 0.6) is 0 Å². The lowest BCUT2D eigenvalue weighted by atomic mass is 10.1. The van der Waals surface area contributed by atoms with Crippen molar-refractivity contribution in [2.75, 3.05) is 36.5 Å². The van der Waals surface area contributed by atoms with Gasteiger partial charge in [0.05, 0.1) is 17.7 Å². The molecule has 1 aromatic rings. The lowest BCUT2D eigenvalue weighted by molar-refractivity contribution is 0.122. The van der Waals surface area contributed by atoms with Crippen LogP contribution in [0.1, 0.15) is 19.8 Å². The molecule has 1 aromatic heterocycles. The van der Waals surface area contributed by atoms with E-state index in [1.807, 2.05) is 0 Å². The predicted molar refractivity (Wildman–Crippen MR) is 92.0 cm³/mol. The first-order chi connectivity index (χ1) is 10.6. The molecular formula is C16H21BrN4O. The van der Waals surface area contributed by atoms with Gasteiger partial charge in [-0.1, -0.05) is 12.2 Å². The number of ether oxygens (including phenoxy) is 1. The van der Waals surface area contributed by atoms with Crippen LogP contribution < -0.4 is 10.2 Å². The van der Waals surface area contributed by atoms with E-state index in [9.17, 15) is 0 Å². The van der Waals surface area contributed by atoms with Gasteiger partial charge in [-0.3, -0.25) is 0 Å². The summed E-state index contributed by atoms with van der Waals surface area (Å²) >= 11 is 3.50. The number of anilines is 2. The van der Waals surface area contributed by atoms with Crippen LogP contribution in [0.2, 0.25) is 0 Å². The van der Waals surface area contributed by atoms with Crippen molar-refractivity contribution >= 4 is 27.7 Å². The molecule has 0 amide bonds. The van der Waals surface area contributed by atoms with Gasteiger partial charge in [0.25, 0.3) is 0 Å². The van der Waals surface area contributed by atoms with Gasteiger partial charge in [-0.2, -0.15) is 4.98 Å². The van der Waals surface area contributed by atoms with Crippen molar-refractivity contribution < 1.29 is 4.74 Å². The second-order valence-electron chi connectivity index (χ2n) is 5.78. The van der Waals surface area contributed by atoms with E-state index in [1.54, 1.807) is 6.20 Å². The van der Waals surface area contributed by atoms with E-state index in [0.717, 1.165) is 54.2 Å². The molecule has 118 valence electrons. The highest BCUT2D eigenvalue weighted by atomic mass is 79.9. The van der Waals surface area contributed by atoms with Gasteiger partial charge in [0.1, 0.15) is 5.82 Å². The molecule has 1 N–H and O–H groups in total. The van der Waals surface area contributed by atoms with E-state index < -0.39 is 0 Å². The van der Waals surface area contributed by atoms with Crippen molar-refractivity contribution in [2.24, 2.45) is 5.92 Å². The fourth-order valence-electron chi connectivity index (χ4n) is 2.48. The van der Waals surface area contributed by atoms with Crippen LogP contribution in [0.15, 0.2) is 34.6 Å². The van der Waals surface area contributed by atoms with Crippen LogP contribution in [0.4, 0.5) is 11.8 Å². The molecule has 1 saturated carbocycles. The summed E-state index contributed by atoms with van der Waals surface area (Å²) in [4.78, 5) is 11.1. The van der Waals surface area contributed by atoms with E-state index in [1.165, 1.54) is 18.4 Å². The van der Waals surface area contributed by atoms with Gasteiger partial charge in [0, 0.05) is 25.0 Å². The fourth-order valence-corrected chi connectivity index (χ4v) is 2.77. The maximum Gasteiger partial charge on any atom is 0.227 e. The highest BCUT2D eigenvalue weighted by Gasteiger charge is 2.23. The molecule has 0 atom stereocenters. The highest BCUT2D eigenvalue weighted by molar-refractivity contribution is 9.10. The summed E-state index contributed by atoms with van der Waals surface area (Å²) in [6, 6.07) is 0. The Kier molecular flexibility index (Phi) is 4.78. The first kappa shape index (κ1) is 15.5. The standard InChI is InChI=1S/C16H21BrN4O/c1-11(13-3-4-13)9-12(2)19-15-14(17)10-18-16(20-15)21-5-7-22-8-6-21/h9-10,13H,2-8H2,1H3,(H,18,19,20)/b11-9+. The smallest absolute Gasteiger partial charge is 0.227 e. The molecular weight excluding hydrogens is 344 g/mol. The second kappa shape index (κ2) is 6.79. The number of aromatic nitrogens is 2. The lowest BCUT2D eigenvalue weighted by Gasteiger charge is -2.27. The van der Waals surface area contributed by atoms with E-state index in [2.05, 4.69) is 55.7 Å². The molecule has 3 rings (SSSR count). The summed E-state index contributed by atoms with van der Waals surface area (Å²) < 4.78 is 6.20. The molecule has 6 heteroatoms. The molecule has 0 unspecified atom stereocenters. The summed E-state index contributed by atoms with van der Waals surface area (Å²) in [5, 5.41) is 3.28. The minimum atomic E-state index is 0.720. The monoisotopic (exact) mass is 364 g/mol. The Bertz CT molecular complexity index is 592. The summed E-state index contributed by atoms with van der Waals surface area (Å²) in [7, 11) is 0. The molecule has 22 heavy (non-hydrogen) atoms. The van der Waals surface area contributed by atoms with E-state index >= 15 is 0 Å². The van der Waals surface area contributed by atoms with Crippen molar-refractivity contribution in [3.8, 4) is 0 Å². The Morgan fingerprint density at radius 2 is 2.18 bits per heavy atom. The van der Waals surface area contributed by atoms with Crippen LogP contribution >= 0.6 is 15.9 Å². The molecule has 1 saturated heterocycles. The van der Waals surface area contributed by atoms with Crippen molar-refractivity contribution in [2.45, 2.75) is 19.8 Å². The minimum absolute atomic E-state index is 0.720. The first-order valence-corrected chi connectivity index (χ1v) is 8.42. The van der Waals surface area contributed by atoms with Gasteiger partial charge in [0.2, 0.25) is 5.95 Å². The third kappa shape index (κ3) is 3.87. The quantitative estimate of drug-likeness (QED) is 0.811. The first-order valence-electron chi connectivity index (χ1n) is 7.63. The Labute approximate surface area is 139 Å². The van der Waals surface area contributed by atoms with Gasteiger partial charge < -0.3 is 15.0 Å². The Balaban J connectivity index is 1.71. The number of nitrogens with zero attached hydrogens (tertiary/aromatic N) is 3. The Morgan fingerprint density at radius 3 is 2.86 bits per heavy atom. The van der Waals surface area contributed by atoms with Gasteiger partial charge in [-0.15, -0.1) is 0 Å². The molecule has 2 fully saturated rings. The van der Waals surface area contributed by atoms with E-state index in [0.29, 0.717) is 0 Å². The molecule has 2 heterocycles. The zero-order valence-corrected chi connectivity index (χ0v) is 14.4. The van der Waals surface area contributed by atoms with Crippen molar-refractivity contribution in [3.05, 3.63) is 34.6 Å². The topological polar surface area (TPSA) is 50.3 Å². The van der Waals surface area contributed by atoms with Gasteiger partial charge in [-0.05, 0) is 47.7 Å². The normalized spacial score (nSPS) is 19.2. The van der Waals surface area contributed by atoms with Crippen molar-refractivity contribution in [1.29, 1.82) is 0 Å². The molecule has 2 aliphatic rings. The highest BCUT2D eigenvalue weighted by Crippen LogP contribution is 2.36. The van der Waals surface area contributed by atoms with Crippen molar-refractivity contribution in [3.63, 3.8) is 0 Å². The van der Waals surface area contributed by atoms with Crippen LogP contribution in [-0.2, 0) is 4.74 Å². The molecule has 0 spiro atoms. The molecule has 0 bridgehead atoms. The largest absolute Gasteiger partial charge is 0.378 e. The predicted octanol–water partition coefficient (Wildman–Crippen LogP) is 3.36. The van der Waals surface area contributed by atoms with Crippen LogP contribution in [0, 0.1) is 5.92 Å². The van der Waals surface area contributed by atoms with E-state index in [4.69, 9.17) is 4.74 Å². The summed E-state index contributed by atoms with van der Waals surface area (Å²) in [5.74, 6) is 2.22. The van der Waals surface area contributed by atoms with E-state index in [-0.39, 0.29) is 0 Å². The second-order valence-corrected chi connectivity index (χ2v) is 6.63. The SMILES string of the molecule is C=C(/C=C(\C)C1CC1)Nc1nc(N2CCOCC2)ncc1Br. The molecule has 0 aromatic carbocycles. The van der Waals surface area contributed by atoms with Gasteiger partial charge in [-0.25, -0.2) is 4.98 Å². The average molecular weight is 365 g/mol. The fraction of sp³-hybridized carbons (Fsp3) is 0.500. The molecule has 0 radical (unpaired) electrons. The van der Waals surface area contributed by atoms with Crippen LogP contribution in [0.25, 0.3) is 0 Å². The third-order valence-corrected chi connectivity index (χ3v) is 4.51. The number of hydrogen-bond acceptors (Lipinski definition) is 5. The van der Waals surface area contributed by atoms with Crippen molar-refractivity contribution in [1.82, 2.24) is 9.97 Å². The zero-order chi connectivity index (χ0) is 15.5. The molecule has 1 aliphatic carbocycles. The van der Waals surface area contributed by atoms with Gasteiger partial charge in [0.15, 0.2) is 0 Å². The number of allylic oxidation sites excluding steroid dienone is 2. The molecule has 1 aliphatic heterocycles. The number of nitrogens with one attached hydrogen (secondary N) is 1. The zero-order valence-electron chi connectivity index (χ0n) is 12.8. The summed E-state index contributed by atoms with van der Waals surface area (Å²) in [6.07, 6.45) is 6.49. The maximum atomic E-state index is 5.37. The minimum Gasteiger partial charge on any atom is -0.378 e. The summed E-state index contributed by atoms with van der Waals surface area (Å²) in [6.45, 7) is 9.33. The number of morpholine rings is 1. The number of rotatable bonds is 5. The average Bonchev–Trinajstić information content (AvgIpc) is 3.35. The Hall–Kier alpha value is -1.40.